The molecule has 6 rings (SSSR count). The first-order valence-electron chi connectivity index (χ1n) is 19.2. The molecule has 16 atom stereocenters. The minimum atomic E-state index is -4.90. The van der Waals surface area contributed by atoms with Crippen LogP contribution >= 0.6 is 0 Å². The Kier molecular flexibility index (Phi) is 12.5. The molecule has 6 N–H and O–H groups in total. The van der Waals surface area contributed by atoms with Crippen molar-refractivity contribution in [3.63, 3.8) is 0 Å². The molecule has 0 aromatic carbocycles. The summed E-state index contributed by atoms with van der Waals surface area (Å²) in [6.45, 7) is 13.8. The molecule has 1 saturated heterocycles. The zero-order valence-electron chi connectivity index (χ0n) is 33.3. The molecule has 0 amide bonds. The van der Waals surface area contributed by atoms with E-state index in [9.17, 15) is 51.2 Å². The SMILES string of the molecule is CC1=CC[C@]2(C(=O)O[C@H]3O[C@@H](CO)[C@H](O)[C@@H](O)[C@@H]3O)CC[C@]3(C)C(CCC4[C@@]5(C)CC[C@H](OS(=O)(=O)O)[C@@](C)(COS(=O)(=O)O)C5CC[C@]43C)[C@]2(C)[C@H]1C.[Na+]. The topological polar surface area (TPSA) is 244 Å². The molecule has 5 aliphatic carbocycles. The van der Waals surface area contributed by atoms with Crippen LogP contribution in [-0.2, 0) is 43.4 Å². The van der Waals surface area contributed by atoms with Crippen LogP contribution < -0.4 is 29.6 Å². The van der Waals surface area contributed by atoms with Crippen LogP contribution in [0.1, 0.15) is 106 Å². The Morgan fingerprint density at radius 1 is 0.836 bits per heavy atom. The van der Waals surface area contributed by atoms with E-state index in [-0.39, 0.29) is 70.5 Å². The maximum atomic E-state index is 14.7. The number of hydrogen-bond acceptors (Lipinski definition) is 13. The normalized spacial score (nSPS) is 49.9. The summed E-state index contributed by atoms with van der Waals surface area (Å²) in [6.07, 6.45) is -1.74. The van der Waals surface area contributed by atoms with Crippen LogP contribution in [0.25, 0.3) is 0 Å². The summed E-state index contributed by atoms with van der Waals surface area (Å²) in [6, 6.07) is 0. The van der Waals surface area contributed by atoms with Gasteiger partial charge < -0.3 is 29.9 Å². The standard InChI is InChI=1S/C37H60O15S2.Na/c1-20-10-15-37(31(42)51-30-29(41)28(40)27(39)22(18-38)50-30)17-16-35(6)25(36(37,7)21(20)2)9-8-24-32(3)13-12-26(52-54(46,47)48)33(4,19-49-53(43,44)45)23(32)11-14-34(24,35)5;/h10,21-30,38-41H,8-9,11-19H2,1-7H3,(H,43,44,45)(H,46,47,48);/q;+1/t21-,22-,23?,24?,25?,26-,27-,28+,29-,30+,32-,33-,34+,35+,36-,37+;/m0./s1. The zero-order chi connectivity index (χ0) is 40.2. The van der Waals surface area contributed by atoms with E-state index in [0.29, 0.717) is 38.5 Å². The van der Waals surface area contributed by atoms with Crippen LogP contribution in [0.3, 0.4) is 0 Å². The van der Waals surface area contributed by atoms with Gasteiger partial charge in [0.25, 0.3) is 0 Å². The van der Waals surface area contributed by atoms with Crippen LogP contribution in [-0.4, -0.2) is 102 Å². The van der Waals surface area contributed by atoms with Crippen molar-refractivity contribution in [1.29, 1.82) is 0 Å². The molecule has 0 aromatic heterocycles. The molecule has 1 heterocycles. The predicted molar refractivity (Wildman–Crippen MR) is 192 cm³/mol. The van der Waals surface area contributed by atoms with Crippen molar-refractivity contribution in [3.8, 4) is 0 Å². The molecule has 0 spiro atoms. The van der Waals surface area contributed by atoms with E-state index in [2.05, 4.69) is 47.6 Å². The van der Waals surface area contributed by atoms with Gasteiger partial charge in [-0.1, -0.05) is 53.2 Å². The first-order valence-corrected chi connectivity index (χ1v) is 21.9. The van der Waals surface area contributed by atoms with Gasteiger partial charge in [0.1, 0.15) is 24.4 Å². The third-order valence-electron chi connectivity index (χ3n) is 17.0. The Labute approximate surface area is 347 Å². The first-order chi connectivity index (χ1) is 24.8. The van der Waals surface area contributed by atoms with Crippen molar-refractivity contribution in [2.75, 3.05) is 13.2 Å². The average molecular weight is 832 g/mol. The fourth-order valence-electron chi connectivity index (χ4n) is 13.7. The third-order valence-corrected chi connectivity index (χ3v) is 17.9. The number of aliphatic hydroxyl groups excluding tert-OH is 4. The van der Waals surface area contributed by atoms with Gasteiger partial charge in [0.05, 0.1) is 24.7 Å². The van der Waals surface area contributed by atoms with Crippen molar-refractivity contribution in [3.05, 3.63) is 11.6 Å². The fraction of sp³-hybridized carbons (Fsp3) is 0.919. The predicted octanol–water partition coefficient (Wildman–Crippen LogP) is 0.369. The summed E-state index contributed by atoms with van der Waals surface area (Å²) < 4.78 is 88.6. The van der Waals surface area contributed by atoms with E-state index in [4.69, 9.17) is 17.8 Å². The number of carbonyl (C=O) groups excluding carboxylic acids is 1. The van der Waals surface area contributed by atoms with Crippen molar-refractivity contribution in [1.82, 2.24) is 0 Å². The molecule has 0 bridgehead atoms. The second-order valence-electron chi connectivity index (χ2n) is 18.7. The second kappa shape index (κ2) is 15.0. The minimum absolute atomic E-state index is 0. The summed E-state index contributed by atoms with van der Waals surface area (Å²) in [5.41, 5.74) is -2.73. The second-order valence-corrected chi connectivity index (χ2v) is 20.8. The van der Waals surface area contributed by atoms with Gasteiger partial charge in [-0.2, -0.15) is 16.8 Å². The van der Waals surface area contributed by atoms with Gasteiger partial charge in [-0.05, 0) is 110 Å². The molecular formula is C37H60NaO15S2+. The summed E-state index contributed by atoms with van der Waals surface area (Å²) >= 11 is 0. The number of fused-ring (bicyclic) bond motifs is 7. The Morgan fingerprint density at radius 2 is 1.45 bits per heavy atom. The summed E-state index contributed by atoms with van der Waals surface area (Å²) in [5.74, 6) is -0.777. The maximum Gasteiger partial charge on any atom is 1.00 e. The number of aliphatic hydroxyl groups is 4. The van der Waals surface area contributed by atoms with E-state index in [1.807, 2.05) is 0 Å². The molecule has 5 fully saturated rings. The monoisotopic (exact) mass is 831 g/mol. The molecule has 310 valence electrons. The van der Waals surface area contributed by atoms with Gasteiger partial charge in [-0.25, -0.2) is 8.37 Å². The van der Waals surface area contributed by atoms with Crippen LogP contribution in [0.15, 0.2) is 11.6 Å². The number of carbonyl (C=O) groups is 1. The molecule has 55 heavy (non-hydrogen) atoms. The first kappa shape index (κ1) is 45.8. The summed E-state index contributed by atoms with van der Waals surface area (Å²) in [4.78, 5) is 14.7. The van der Waals surface area contributed by atoms with E-state index in [1.165, 1.54) is 0 Å². The Morgan fingerprint density at radius 3 is 2.05 bits per heavy atom. The quantitative estimate of drug-likeness (QED) is 0.0838. The van der Waals surface area contributed by atoms with E-state index in [1.54, 1.807) is 6.92 Å². The van der Waals surface area contributed by atoms with Crippen molar-refractivity contribution < 1.29 is 98.6 Å². The van der Waals surface area contributed by atoms with E-state index >= 15 is 0 Å². The molecule has 6 aliphatic rings. The van der Waals surface area contributed by atoms with Crippen LogP contribution in [0.5, 0.6) is 0 Å². The Hall–Kier alpha value is -0.250. The molecule has 1 aliphatic heterocycles. The molecule has 4 saturated carbocycles. The van der Waals surface area contributed by atoms with Gasteiger partial charge in [0, 0.05) is 5.41 Å². The molecular weight excluding hydrogens is 772 g/mol. The van der Waals surface area contributed by atoms with Gasteiger partial charge in [0.2, 0.25) is 6.29 Å². The molecule has 0 radical (unpaired) electrons. The van der Waals surface area contributed by atoms with Crippen LogP contribution in [0.4, 0.5) is 0 Å². The summed E-state index contributed by atoms with van der Waals surface area (Å²) in [7, 11) is -9.77. The third kappa shape index (κ3) is 6.97. The van der Waals surface area contributed by atoms with Crippen molar-refractivity contribution >= 4 is 26.8 Å². The molecule has 18 heteroatoms. The molecule has 15 nitrogen and oxygen atoms in total. The number of rotatable bonds is 8. The summed E-state index contributed by atoms with van der Waals surface area (Å²) in [5, 5.41) is 41.4. The van der Waals surface area contributed by atoms with Gasteiger partial charge in [0.15, 0.2) is 0 Å². The van der Waals surface area contributed by atoms with Gasteiger partial charge in [-0.3, -0.25) is 13.9 Å². The largest absolute Gasteiger partial charge is 1.00 e. The fourth-order valence-corrected chi connectivity index (χ4v) is 14.7. The van der Waals surface area contributed by atoms with Crippen molar-refractivity contribution in [2.24, 2.45) is 56.2 Å². The van der Waals surface area contributed by atoms with Gasteiger partial charge in [-0.15, -0.1) is 0 Å². The maximum absolute atomic E-state index is 14.7. The van der Waals surface area contributed by atoms with E-state index in [0.717, 1.165) is 18.4 Å². The minimum Gasteiger partial charge on any atom is -0.432 e. The molecule has 0 aromatic rings. The number of ether oxygens (including phenoxy) is 2. The average Bonchev–Trinajstić information content (AvgIpc) is 3.07. The van der Waals surface area contributed by atoms with Gasteiger partial charge >= 0.3 is 56.3 Å². The smallest absolute Gasteiger partial charge is 0.432 e. The van der Waals surface area contributed by atoms with Crippen LogP contribution in [0.2, 0.25) is 0 Å². The van der Waals surface area contributed by atoms with Crippen LogP contribution in [0, 0.1) is 56.2 Å². The number of hydrogen-bond donors (Lipinski definition) is 6. The van der Waals surface area contributed by atoms with Crippen molar-refractivity contribution in [2.45, 2.75) is 143 Å². The molecule has 3 unspecified atom stereocenters. The zero-order valence-corrected chi connectivity index (χ0v) is 36.9. The number of esters is 1. The number of allylic oxidation sites excluding steroid dienone is 2. The Balaban J connectivity index is 0.00000580. The Bertz CT molecular complexity index is 1740. The van der Waals surface area contributed by atoms with E-state index < -0.39 is 98.5 Å².